The van der Waals surface area contributed by atoms with Gasteiger partial charge in [-0.3, -0.25) is 0 Å². The van der Waals surface area contributed by atoms with Gasteiger partial charge in [0.1, 0.15) is 20.2 Å². The highest BCUT2D eigenvalue weighted by Gasteiger charge is 1.86. The summed E-state index contributed by atoms with van der Waals surface area (Å²) in [5.74, 6) is 0. The molecule has 0 aromatic rings. The van der Waals surface area contributed by atoms with Gasteiger partial charge in [-0.15, -0.1) is 0 Å². The van der Waals surface area contributed by atoms with Gasteiger partial charge in [0.05, 0.1) is 0 Å². The van der Waals surface area contributed by atoms with Gasteiger partial charge in [-0.1, -0.05) is 0 Å². The maximum Gasteiger partial charge on any atom is 0.145 e. The molecule has 0 unspecified atom stereocenters. The van der Waals surface area contributed by atoms with Crippen LogP contribution in [-0.2, 0) is 8.85 Å². The standard InChI is InChI=1S/C5H15O2Si2/c1-2-6-4-3-5-9-7-8/h1-5,9H2,8H3. The first-order chi connectivity index (χ1) is 4.41. The first-order valence-electron chi connectivity index (χ1n) is 3.27. The Labute approximate surface area is 62.4 Å². The normalized spacial score (nSPS) is 11.7. The Kier molecular flexibility index (Phi) is 8.68. The molecule has 0 fully saturated rings. The van der Waals surface area contributed by atoms with Crippen LogP contribution in [0.5, 0.6) is 0 Å². The molecule has 0 atom stereocenters. The molecule has 0 saturated heterocycles. The lowest BCUT2D eigenvalue weighted by molar-refractivity contribution is 0.161. The van der Waals surface area contributed by atoms with Crippen LogP contribution in [0, 0.1) is 6.92 Å². The lowest BCUT2D eigenvalue weighted by atomic mass is 10.5. The van der Waals surface area contributed by atoms with Crippen molar-refractivity contribution in [3.05, 3.63) is 6.92 Å². The van der Waals surface area contributed by atoms with Gasteiger partial charge in [0, 0.05) is 13.2 Å². The van der Waals surface area contributed by atoms with E-state index >= 15 is 0 Å². The smallest absolute Gasteiger partial charge is 0.145 e. The molecule has 0 rings (SSSR count). The Morgan fingerprint density at radius 3 is 2.89 bits per heavy atom. The second-order valence-corrected chi connectivity index (χ2v) is 5.24. The van der Waals surface area contributed by atoms with Crippen molar-refractivity contribution in [3.63, 3.8) is 0 Å². The zero-order valence-corrected chi connectivity index (χ0v) is 9.47. The molecule has 0 aliphatic heterocycles. The van der Waals surface area contributed by atoms with E-state index in [0.717, 1.165) is 23.5 Å². The summed E-state index contributed by atoms with van der Waals surface area (Å²) in [4.78, 5) is 0. The number of hydrogen-bond donors (Lipinski definition) is 0. The van der Waals surface area contributed by atoms with Crippen molar-refractivity contribution in [2.75, 3.05) is 13.2 Å². The van der Waals surface area contributed by atoms with Gasteiger partial charge in [-0.2, -0.15) is 0 Å². The third kappa shape index (κ3) is 8.35. The van der Waals surface area contributed by atoms with Crippen LogP contribution in [0.2, 0.25) is 6.04 Å². The molecule has 0 aliphatic carbocycles. The minimum Gasteiger partial charge on any atom is -0.468 e. The Bertz CT molecular complexity index is 46.2. The Morgan fingerprint density at radius 1 is 1.56 bits per heavy atom. The molecule has 0 amide bonds. The third-order valence-electron chi connectivity index (χ3n) is 1.03. The van der Waals surface area contributed by atoms with Crippen LogP contribution in [0.4, 0.5) is 0 Å². The molecule has 9 heavy (non-hydrogen) atoms. The van der Waals surface area contributed by atoms with E-state index in [4.69, 9.17) is 8.85 Å². The molecule has 0 bridgehead atoms. The zero-order chi connectivity index (χ0) is 6.95. The highest BCUT2D eigenvalue weighted by Crippen LogP contribution is 1.88. The van der Waals surface area contributed by atoms with Gasteiger partial charge in [-0.05, 0) is 19.4 Å². The van der Waals surface area contributed by atoms with Crippen molar-refractivity contribution >= 4 is 20.2 Å². The topological polar surface area (TPSA) is 18.5 Å². The minimum atomic E-state index is -0.145. The quantitative estimate of drug-likeness (QED) is 0.370. The van der Waals surface area contributed by atoms with Crippen LogP contribution in [0.25, 0.3) is 0 Å². The van der Waals surface area contributed by atoms with E-state index in [1.807, 2.05) is 0 Å². The van der Waals surface area contributed by atoms with Crippen molar-refractivity contribution in [1.82, 2.24) is 0 Å². The fourth-order valence-electron chi connectivity index (χ4n) is 0.553. The third-order valence-corrected chi connectivity index (χ3v) is 3.45. The molecule has 0 aromatic heterocycles. The number of rotatable bonds is 6. The van der Waals surface area contributed by atoms with E-state index in [9.17, 15) is 0 Å². The summed E-state index contributed by atoms with van der Waals surface area (Å²) in [6, 6.07) is 1.25. The summed E-state index contributed by atoms with van der Waals surface area (Å²) in [5, 5.41) is 0. The van der Waals surface area contributed by atoms with E-state index in [0.29, 0.717) is 6.61 Å². The van der Waals surface area contributed by atoms with E-state index < -0.39 is 0 Å². The van der Waals surface area contributed by atoms with Gasteiger partial charge in [-0.25, -0.2) is 0 Å². The summed E-state index contributed by atoms with van der Waals surface area (Å²) in [6.07, 6.45) is 1.16. The molecule has 55 valence electrons. The maximum absolute atomic E-state index is 5.13. The molecule has 4 heteroatoms. The van der Waals surface area contributed by atoms with Crippen LogP contribution in [0.15, 0.2) is 0 Å². The molecule has 2 nitrogen and oxygen atoms in total. The Balaban J connectivity index is 2.60. The van der Waals surface area contributed by atoms with Gasteiger partial charge >= 0.3 is 0 Å². The summed E-state index contributed by atoms with van der Waals surface area (Å²) >= 11 is 0. The predicted molar refractivity (Wildman–Crippen MR) is 45.2 cm³/mol. The molecule has 0 aliphatic rings. The minimum absolute atomic E-state index is 0.145. The van der Waals surface area contributed by atoms with Gasteiger partial charge in [0.2, 0.25) is 0 Å². The summed E-state index contributed by atoms with van der Waals surface area (Å²) < 4.78 is 10.2. The van der Waals surface area contributed by atoms with Crippen molar-refractivity contribution < 1.29 is 8.85 Å². The van der Waals surface area contributed by atoms with Crippen LogP contribution in [0.3, 0.4) is 0 Å². The zero-order valence-electron chi connectivity index (χ0n) is 6.06. The Morgan fingerprint density at radius 2 is 2.33 bits per heavy atom. The average Bonchev–Trinajstić information content (AvgIpc) is 1.89. The molecular weight excluding hydrogens is 148 g/mol. The number of ether oxygens (including phenoxy) is 1. The first-order valence-corrected chi connectivity index (χ1v) is 5.67. The van der Waals surface area contributed by atoms with Crippen LogP contribution in [0.1, 0.15) is 6.42 Å². The van der Waals surface area contributed by atoms with Crippen molar-refractivity contribution in [2.24, 2.45) is 0 Å². The monoisotopic (exact) mass is 163 g/mol. The largest absolute Gasteiger partial charge is 0.468 e. The first kappa shape index (κ1) is 9.35. The maximum atomic E-state index is 5.13. The lowest BCUT2D eigenvalue weighted by Gasteiger charge is -1.98. The molecule has 0 N–H and O–H groups in total. The van der Waals surface area contributed by atoms with Crippen molar-refractivity contribution in [2.45, 2.75) is 12.5 Å². The van der Waals surface area contributed by atoms with Crippen molar-refractivity contribution in [3.8, 4) is 0 Å². The average molecular weight is 163 g/mol. The van der Waals surface area contributed by atoms with Crippen LogP contribution in [-0.4, -0.2) is 33.5 Å². The lowest BCUT2D eigenvalue weighted by Crippen LogP contribution is -1.98. The second kappa shape index (κ2) is 8.35. The fourth-order valence-corrected chi connectivity index (χ4v) is 2.12. The Hall–Kier alpha value is 0.354. The van der Waals surface area contributed by atoms with E-state index in [-0.39, 0.29) is 9.76 Å². The molecule has 1 radical (unpaired) electrons. The highest BCUT2D eigenvalue weighted by molar-refractivity contribution is 6.34. The molecule has 0 heterocycles. The number of hydrogen-bond acceptors (Lipinski definition) is 2. The molecule has 0 spiro atoms. The van der Waals surface area contributed by atoms with Gasteiger partial charge in [0.25, 0.3) is 0 Å². The molecule has 0 saturated carbocycles. The predicted octanol–water partition coefficient (Wildman–Crippen LogP) is -0.974. The summed E-state index contributed by atoms with van der Waals surface area (Å²) in [6.45, 7) is 5.03. The van der Waals surface area contributed by atoms with Gasteiger partial charge in [0.15, 0.2) is 0 Å². The fraction of sp³-hybridized carbons (Fsp3) is 0.800. The van der Waals surface area contributed by atoms with Gasteiger partial charge < -0.3 is 8.85 Å². The summed E-state index contributed by atoms with van der Waals surface area (Å²) in [5.41, 5.74) is 0. The highest BCUT2D eigenvalue weighted by atomic mass is 28.3. The van der Waals surface area contributed by atoms with E-state index in [1.165, 1.54) is 6.04 Å². The van der Waals surface area contributed by atoms with E-state index in [2.05, 4.69) is 6.92 Å². The van der Waals surface area contributed by atoms with Crippen LogP contribution < -0.4 is 0 Å². The van der Waals surface area contributed by atoms with Crippen LogP contribution >= 0.6 is 0 Å². The molecular formula is C5H15O2Si2. The second-order valence-electron chi connectivity index (χ2n) is 1.81. The summed E-state index contributed by atoms with van der Waals surface area (Å²) in [7, 11) is 0.772. The SMILES string of the molecule is [CH2]COCCC[SiH2]O[SiH3]. The van der Waals surface area contributed by atoms with Crippen molar-refractivity contribution in [1.29, 1.82) is 0 Å². The molecule has 0 aromatic carbocycles. The van der Waals surface area contributed by atoms with E-state index in [1.54, 1.807) is 0 Å².